The molecular formula is C15H25F5O2S. The van der Waals surface area contributed by atoms with Gasteiger partial charge in [-0.05, 0) is 25.5 Å². The van der Waals surface area contributed by atoms with Crippen LogP contribution in [-0.2, 0) is 9.53 Å². The molecule has 2 atom stereocenters. The molecule has 0 heterocycles. The van der Waals surface area contributed by atoms with E-state index in [1.165, 1.54) is 0 Å². The molecule has 0 spiro atoms. The lowest BCUT2D eigenvalue weighted by Crippen LogP contribution is -2.35. The molecule has 0 aromatic heterocycles. The van der Waals surface area contributed by atoms with Crippen LogP contribution in [0.3, 0.4) is 0 Å². The van der Waals surface area contributed by atoms with Crippen molar-refractivity contribution < 1.29 is 31.5 Å². The van der Waals surface area contributed by atoms with Crippen molar-refractivity contribution in [3.05, 3.63) is 0 Å². The summed E-state index contributed by atoms with van der Waals surface area (Å²) in [6.07, 6.45) is -4.91. The largest absolute Gasteiger partial charge is 0.465 e. The van der Waals surface area contributed by atoms with Gasteiger partial charge >= 0.3 is 5.97 Å². The maximum atomic E-state index is 13.2. The predicted molar refractivity (Wildman–Crippen MR) is 82.1 cm³/mol. The quantitative estimate of drug-likeness (QED) is 0.254. The van der Waals surface area contributed by atoms with Gasteiger partial charge in [-0.25, -0.2) is 22.0 Å². The van der Waals surface area contributed by atoms with Gasteiger partial charge in [0.05, 0.1) is 6.61 Å². The van der Waals surface area contributed by atoms with E-state index in [9.17, 15) is 26.7 Å². The normalized spacial score (nSPS) is 14.8. The number of carbonyl (C=O) groups is 1. The van der Waals surface area contributed by atoms with Crippen LogP contribution in [0.4, 0.5) is 22.0 Å². The van der Waals surface area contributed by atoms with E-state index in [0.717, 1.165) is 31.0 Å². The van der Waals surface area contributed by atoms with Crippen molar-refractivity contribution in [2.24, 2.45) is 0 Å². The second-order valence-corrected chi connectivity index (χ2v) is 6.52. The molecule has 0 aromatic carbocycles. The summed E-state index contributed by atoms with van der Waals surface area (Å²) in [6, 6.07) is 0. The lowest BCUT2D eigenvalue weighted by Gasteiger charge is -2.20. The van der Waals surface area contributed by atoms with Crippen LogP contribution >= 0.6 is 11.8 Å². The number of halogens is 5. The van der Waals surface area contributed by atoms with Crippen LogP contribution in [0.2, 0.25) is 0 Å². The van der Waals surface area contributed by atoms with Crippen molar-refractivity contribution in [3.8, 4) is 0 Å². The molecule has 0 bridgehead atoms. The molecule has 2 unspecified atom stereocenters. The summed E-state index contributed by atoms with van der Waals surface area (Å²) < 4.78 is 68.0. The fourth-order valence-corrected chi connectivity index (χ4v) is 3.07. The Morgan fingerprint density at radius 3 is 2.30 bits per heavy atom. The minimum absolute atomic E-state index is 0.144. The lowest BCUT2D eigenvalue weighted by molar-refractivity contribution is -0.142. The average Bonchev–Trinajstić information content (AvgIpc) is 2.48. The Morgan fingerprint density at radius 2 is 1.78 bits per heavy atom. The molecule has 0 radical (unpaired) electrons. The zero-order chi connectivity index (χ0) is 17.9. The number of thioether (sulfide) groups is 1. The van der Waals surface area contributed by atoms with Crippen molar-refractivity contribution in [1.29, 1.82) is 0 Å². The first-order valence-electron chi connectivity index (χ1n) is 7.84. The highest BCUT2D eigenvalue weighted by atomic mass is 32.2. The van der Waals surface area contributed by atoms with Gasteiger partial charge in [0.15, 0.2) is 0 Å². The van der Waals surface area contributed by atoms with E-state index < -0.39 is 36.2 Å². The third-order valence-electron chi connectivity index (χ3n) is 3.22. The van der Waals surface area contributed by atoms with Crippen LogP contribution in [-0.4, -0.2) is 42.1 Å². The molecule has 138 valence electrons. The van der Waals surface area contributed by atoms with E-state index in [-0.39, 0.29) is 18.8 Å². The first-order chi connectivity index (χ1) is 10.8. The Balaban J connectivity index is 4.26. The van der Waals surface area contributed by atoms with Crippen LogP contribution in [0.1, 0.15) is 52.4 Å². The number of alkyl halides is 5. The summed E-state index contributed by atoms with van der Waals surface area (Å²) in [7, 11) is 0. The smallest absolute Gasteiger partial charge is 0.319 e. The standard InChI is InChI=1S/C15H25F5O2S/c1-3-5-6-8-11(14(21)22-4-2)23-10-7-9-15(19,20)12(16)13(17)18/h11-13H,3-10H2,1-2H3. The van der Waals surface area contributed by atoms with E-state index in [0.29, 0.717) is 6.42 Å². The number of esters is 1. The molecule has 0 aliphatic heterocycles. The predicted octanol–water partition coefficient (Wildman–Crippen LogP) is 5.25. The summed E-state index contributed by atoms with van der Waals surface area (Å²) in [5.74, 6) is -4.27. The fraction of sp³-hybridized carbons (Fsp3) is 0.933. The first-order valence-corrected chi connectivity index (χ1v) is 8.89. The molecule has 23 heavy (non-hydrogen) atoms. The van der Waals surface area contributed by atoms with Gasteiger partial charge in [-0.15, -0.1) is 11.8 Å². The third-order valence-corrected chi connectivity index (χ3v) is 4.57. The van der Waals surface area contributed by atoms with E-state index in [1.807, 2.05) is 6.92 Å². The van der Waals surface area contributed by atoms with Gasteiger partial charge in [-0.1, -0.05) is 26.2 Å². The lowest BCUT2D eigenvalue weighted by atomic mass is 10.1. The highest BCUT2D eigenvalue weighted by molar-refractivity contribution is 8.00. The molecule has 2 nitrogen and oxygen atoms in total. The molecule has 0 saturated carbocycles. The summed E-state index contributed by atoms with van der Waals surface area (Å²) in [5, 5.41) is -0.452. The van der Waals surface area contributed by atoms with Crippen LogP contribution in [0, 0.1) is 0 Å². The Morgan fingerprint density at radius 1 is 1.13 bits per heavy atom. The van der Waals surface area contributed by atoms with E-state index in [4.69, 9.17) is 4.74 Å². The Bertz CT molecular complexity index is 329. The van der Waals surface area contributed by atoms with Crippen LogP contribution in [0.5, 0.6) is 0 Å². The van der Waals surface area contributed by atoms with E-state index in [1.54, 1.807) is 6.92 Å². The van der Waals surface area contributed by atoms with Crippen LogP contribution < -0.4 is 0 Å². The molecule has 0 amide bonds. The Kier molecular flexibility index (Phi) is 11.6. The van der Waals surface area contributed by atoms with Crippen molar-refractivity contribution >= 4 is 17.7 Å². The second-order valence-electron chi connectivity index (χ2n) is 5.21. The van der Waals surface area contributed by atoms with Gasteiger partial charge in [-0.3, -0.25) is 4.79 Å². The molecular weight excluding hydrogens is 339 g/mol. The van der Waals surface area contributed by atoms with Gasteiger partial charge < -0.3 is 4.74 Å². The van der Waals surface area contributed by atoms with Gasteiger partial charge in [-0.2, -0.15) is 0 Å². The molecule has 0 aromatic rings. The highest BCUT2D eigenvalue weighted by Crippen LogP contribution is 2.32. The number of rotatable bonds is 13. The van der Waals surface area contributed by atoms with Crippen LogP contribution in [0.25, 0.3) is 0 Å². The average molecular weight is 364 g/mol. The second kappa shape index (κ2) is 11.9. The van der Waals surface area contributed by atoms with Crippen molar-refractivity contribution in [2.45, 2.75) is 76.1 Å². The third kappa shape index (κ3) is 9.37. The first kappa shape index (κ1) is 22.5. The zero-order valence-corrected chi connectivity index (χ0v) is 14.3. The van der Waals surface area contributed by atoms with E-state index in [2.05, 4.69) is 0 Å². The molecule has 0 saturated heterocycles. The highest BCUT2D eigenvalue weighted by Gasteiger charge is 2.45. The Hall–Kier alpha value is -0.530. The van der Waals surface area contributed by atoms with Crippen molar-refractivity contribution in [1.82, 2.24) is 0 Å². The van der Waals surface area contributed by atoms with Gasteiger partial charge in [0, 0.05) is 6.42 Å². The number of carbonyl (C=O) groups excluding carboxylic acids is 1. The monoisotopic (exact) mass is 364 g/mol. The summed E-state index contributed by atoms with van der Waals surface area (Å²) in [5.41, 5.74) is 0. The minimum Gasteiger partial charge on any atom is -0.465 e. The SMILES string of the molecule is CCCCCC(SCCCC(F)(F)C(F)C(F)F)C(=O)OCC. The number of hydrogen-bond donors (Lipinski definition) is 0. The molecule has 0 N–H and O–H groups in total. The fourth-order valence-electron chi connectivity index (χ4n) is 1.94. The maximum Gasteiger partial charge on any atom is 0.319 e. The summed E-state index contributed by atoms with van der Waals surface area (Å²) >= 11 is 1.16. The Labute approximate surface area is 138 Å². The number of unbranched alkanes of at least 4 members (excludes halogenated alkanes) is 2. The van der Waals surface area contributed by atoms with Crippen LogP contribution in [0.15, 0.2) is 0 Å². The van der Waals surface area contributed by atoms with E-state index >= 15 is 0 Å². The van der Waals surface area contributed by atoms with Gasteiger partial charge in [0.1, 0.15) is 5.25 Å². The molecule has 0 fully saturated rings. The molecule has 0 aliphatic carbocycles. The van der Waals surface area contributed by atoms with Crippen molar-refractivity contribution in [2.75, 3.05) is 12.4 Å². The minimum atomic E-state index is -4.05. The number of hydrogen-bond acceptors (Lipinski definition) is 3. The topological polar surface area (TPSA) is 26.3 Å². The van der Waals surface area contributed by atoms with Gasteiger partial charge in [0.2, 0.25) is 6.17 Å². The van der Waals surface area contributed by atoms with Gasteiger partial charge in [0.25, 0.3) is 12.3 Å². The van der Waals surface area contributed by atoms with Crippen molar-refractivity contribution in [3.63, 3.8) is 0 Å². The summed E-state index contributed by atoms with van der Waals surface area (Å²) in [4.78, 5) is 11.8. The molecule has 0 aliphatic rings. The molecule has 0 rings (SSSR count). The zero-order valence-electron chi connectivity index (χ0n) is 13.5. The summed E-state index contributed by atoms with van der Waals surface area (Å²) in [6.45, 7) is 3.93. The number of ether oxygens (including phenoxy) is 1. The molecule has 8 heteroatoms. The maximum absolute atomic E-state index is 13.2.